The summed E-state index contributed by atoms with van der Waals surface area (Å²) in [6.45, 7) is 13.4. The Morgan fingerprint density at radius 2 is 1.77 bits per heavy atom. The minimum Gasteiger partial charge on any atom is -0.444 e. The van der Waals surface area contributed by atoms with Crippen LogP contribution >= 0.6 is 0 Å². The van der Waals surface area contributed by atoms with Crippen molar-refractivity contribution in [2.24, 2.45) is 0 Å². The van der Waals surface area contributed by atoms with E-state index in [1.807, 2.05) is 27.7 Å². The summed E-state index contributed by atoms with van der Waals surface area (Å²) >= 11 is 0. The van der Waals surface area contributed by atoms with E-state index in [0.29, 0.717) is 6.04 Å². The molecule has 1 fully saturated rings. The van der Waals surface area contributed by atoms with Gasteiger partial charge in [-0.15, -0.1) is 0 Å². The number of rotatable bonds is 6. The summed E-state index contributed by atoms with van der Waals surface area (Å²) in [4.78, 5) is 11.9. The summed E-state index contributed by atoms with van der Waals surface area (Å²) in [7, 11) is 0. The van der Waals surface area contributed by atoms with Crippen molar-refractivity contribution in [1.82, 2.24) is 10.6 Å². The van der Waals surface area contributed by atoms with Crippen LogP contribution in [0.5, 0.6) is 0 Å². The molecule has 2 N–H and O–H groups in total. The molecule has 0 radical (unpaired) electrons. The van der Waals surface area contributed by atoms with Crippen molar-refractivity contribution in [1.29, 1.82) is 0 Å². The fourth-order valence-corrected chi connectivity index (χ4v) is 2.81. The molecule has 0 heterocycles. The van der Waals surface area contributed by atoms with Gasteiger partial charge in [0.05, 0.1) is 5.60 Å². The van der Waals surface area contributed by atoms with Crippen molar-refractivity contribution in [3.8, 4) is 0 Å². The zero-order valence-corrected chi connectivity index (χ0v) is 15.1. The highest BCUT2D eigenvalue weighted by atomic mass is 16.6. The highest BCUT2D eigenvalue weighted by Gasteiger charge is 2.27. The third-order valence-electron chi connectivity index (χ3n) is 3.75. The highest BCUT2D eigenvalue weighted by molar-refractivity contribution is 5.68. The lowest BCUT2D eigenvalue weighted by Gasteiger charge is -2.34. The van der Waals surface area contributed by atoms with E-state index in [0.717, 1.165) is 38.8 Å². The largest absolute Gasteiger partial charge is 0.444 e. The Hall–Kier alpha value is -0.810. The summed E-state index contributed by atoms with van der Waals surface area (Å²) in [6.07, 6.45) is 3.92. The smallest absolute Gasteiger partial charge is 0.407 e. The summed E-state index contributed by atoms with van der Waals surface area (Å²) in [5.74, 6) is 0. The van der Waals surface area contributed by atoms with Crippen molar-refractivity contribution in [2.75, 3.05) is 13.2 Å². The van der Waals surface area contributed by atoms with Crippen LogP contribution in [0.2, 0.25) is 0 Å². The van der Waals surface area contributed by atoms with Gasteiger partial charge < -0.3 is 20.1 Å². The fraction of sp³-hybridized carbons (Fsp3) is 0.941. The highest BCUT2D eigenvalue weighted by Crippen LogP contribution is 2.20. The predicted octanol–water partition coefficient (Wildman–Crippen LogP) is 3.23. The van der Waals surface area contributed by atoms with Crippen molar-refractivity contribution in [3.05, 3.63) is 0 Å². The van der Waals surface area contributed by atoms with E-state index in [2.05, 4.69) is 24.5 Å². The lowest BCUT2D eigenvalue weighted by molar-refractivity contribution is -0.0117. The van der Waals surface area contributed by atoms with Crippen LogP contribution in [0.25, 0.3) is 0 Å². The molecular weight excluding hydrogens is 280 g/mol. The van der Waals surface area contributed by atoms with Crippen molar-refractivity contribution in [2.45, 2.75) is 90.5 Å². The van der Waals surface area contributed by atoms with E-state index in [1.54, 1.807) is 0 Å². The second kappa shape index (κ2) is 8.16. The molecule has 5 nitrogen and oxygen atoms in total. The van der Waals surface area contributed by atoms with Gasteiger partial charge in [0.25, 0.3) is 0 Å². The first-order valence-corrected chi connectivity index (χ1v) is 8.48. The average Bonchev–Trinajstić information content (AvgIpc) is 2.34. The first-order valence-electron chi connectivity index (χ1n) is 8.48. The molecule has 0 aliphatic heterocycles. The quantitative estimate of drug-likeness (QED) is 0.790. The monoisotopic (exact) mass is 314 g/mol. The predicted molar refractivity (Wildman–Crippen MR) is 89.1 cm³/mol. The molecule has 1 saturated carbocycles. The number of alkyl carbamates (subject to hydrolysis) is 1. The minimum absolute atomic E-state index is 0.152. The molecule has 2 unspecified atom stereocenters. The van der Waals surface area contributed by atoms with Crippen LogP contribution in [0.1, 0.15) is 67.2 Å². The Morgan fingerprint density at radius 3 is 2.36 bits per heavy atom. The molecule has 0 bridgehead atoms. The zero-order chi connectivity index (χ0) is 16.8. The second-order valence-corrected chi connectivity index (χ2v) is 7.78. The number of carbonyl (C=O) groups is 1. The van der Waals surface area contributed by atoms with E-state index in [-0.39, 0.29) is 17.7 Å². The minimum atomic E-state index is -0.447. The molecule has 0 saturated heterocycles. The summed E-state index contributed by atoms with van der Waals surface area (Å²) in [5.41, 5.74) is -0.599. The van der Waals surface area contributed by atoms with Crippen molar-refractivity contribution in [3.63, 3.8) is 0 Å². The number of nitrogens with one attached hydrogen (secondary N) is 2. The molecular formula is C17H34N2O3. The van der Waals surface area contributed by atoms with Crippen LogP contribution < -0.4 is 10.6 Å². The maximum absolute atomic E-state index is 11.9. The standard InChI is InChI=1S/C17H34N2O3/c1-7-21-17(5,6)12-18-13-9-8-10-14(11-13)19-15(20)22-16(2,3)4/h13-14,18H,7-12H2,1-6H3,(H,19,20). The Morgan fingerprint density at radius 1 is 1.14 bits per heavy atom. The third-order valence-corrected chi connectivity index (χ3v) is 3.75. The molecule has 1 aliphatic rings. The lowest BCUT2D eigenvalue weighted by Crippen LogP contribution is -2.48. The molecule has 0 aromatic carbocycles. The van der Waals surface area contributed by atoms with Gasteiger partial charge >= 0.3 is 6.09 Å². The normalized spacial score (nSPS) is 23.2. The molecule has 1 rings (SSSR count). The van der Waals surface area contributed by atoms with Crippen LogP contribution in [-0.4, -0.2) is 42.5 Å². The maximum atomic E-state index is 11.9. The molecule has 0 aromatic rings. The number of ether oxygens (including phenoxy) is 2. The lowest BCUT2D eigenvalue weighted by atomic mass is 9.90. The molecule has 1 amide bonds. The van der Waals surface area contributed by atoms with Gasteiger partial charge in [-0.05, 0) is 67.2 Å². The van der Waals surface area contributed by atoms with Gasteiger partial charge in [0.15, 0.2) is 0 Å². The maximum Gasteiger partial charge on any atom is 0.407 e. The SMILES string of the molecule is CCOC(C)(C)CNC1CCCC(NC(=O)OC(C)(C)C)C1. The van der Waals surface area contributed by atoms with E-state index >= 15 is 0 Å². The summed E-state index contributed by atoms with van der Waals surface area (Å²) in [5, 5.41) is 6.58. The first-order chi connectivity index (χ1) is 10.1. The zero-order valence-electron chi connectivity index (χ0n) is 15.1. The number of carbonyl (C=O) groups excluding carboxylic acids is 1. The Bertz CT molecular complexity index is 350. The first kappa shape index (κ1) is 19.2. The van der Waals surface area contributed by atoms with Crippen LogP contribution in [-0.2, 0) is 9.47 Å². The molecule has 1 aliphatic carbocycles. The van der Waals surface area contributed by atoms with E-state index < -0.39 is 5.60 Å². The number of hydrogen-bond acceptors (Lipinski definition) is 4. The topological polar surface area (TPSA) is 59.6 Å². The second-order valence-electron chi connectivity index (χ2n) is 7.78. The van der Waals surface area contributed by atoms with E-state index in [9.17, 15) is 4.79 Å². The Labute approximate surface area is 135 Å². The fourth-order valence-electron chi connectivity index (χ4n) is 2.81. The van der Waals surface area contributed by atoms with Gasteiger partial charge in [-0.3, -0.25) is 0 Å². The molecule has 0 aromatic heterocycles. The molecule has 2 atom stereocenters. The molecule has 130 valence electrons. The molecule has 22 heavy (non-hydrogen) atoms. The number of amides is 1. The Balaban J connectivity index is 2.37. The van der Waals surface area contributed by atoms with Gasteiger partial charge in [0, 0.05) is 25.2 Å². The summed E-state index contributed by atoms with van der Waals surface area (Å²) < 4.78 is 11.0. The van der Waals surface area contributed by atoms with Crippen LogP contribution in [0.15, 0.2) is 0 Å². The molecule has 0 spiro atoms. The number of hydrogen-bond donors (Lipinski definition) is 2. The van der Waals surface area contributed by atoms with Crippen molar-refractivity contribution >= 4 is 6.09 Å². The van der Waals surface area contributed by atoms with E-state index in [1.165, 1.54) is 0 Å². The van der Waals surface area contributed by atoms with Gasteiger partial charge in [-0.25, -0.2) is 4.79 Å². The van der Waals surface area contributed by atoms with Gasteiger partial charge in [0.1, 0.15) is 5.60 Å². The molecule has 5 heteroatoms. The van der Waals surface area contributed by atoms with Crippen molar-refractivity contribution < 1.29 is 14.3 Å². The van der Waals surface area contributed by atoms with Crippen LogP contribution in [0, 0.1) is 0 Å². The average molecular weight is 314 g/mol. The van der Waals surface area contributed by atoms with Gasteiger partial charge in [-0.1, -0.05) is 0 Å². The summed E-state index contributed by atoms with van der Waals surface area (Å²) in [6, 6.07) is 0.615. The Kier molecular flexibility index (Phi) is 7.13. The van der Waals surface area contributed by atoms with Gasteiger partial charge in [0.2, 0.25) is 0 Å². The van der Waals surface area contributed by atoms with Crippen LogP contribution in [0.3, 0.4) is 0 Å². The third kappa shape index (κ3) is 7.99. The van der Waals surface area contributed by atoms with Gasteiger partial charge in [-0.2, -0.15) is 0 Å². The van der Waals surface area contributed by atoms with E-state index in [4.69, 9.17) is 9.47 Å². The van der Waals surface area contributed by atoms with Crippen LogP contribution in [0.4, 0.5) is 4.79 Å².